The van der Waals surface area contributed by atoms with E-state index in [0.717, 1.165) is 11.1 Å². The van der Waals surface area contributed by atoms with Crippen LogP contribution in [-0.2, 0) is 10.1 Å². The summed E-state index contributed by atoms with van der Waals surface area (Å²) in [6.45, 7) is 0. The lowest BCUT2D eigenvalue weighted by Gasteiger charge is -2.09. The van der Waals surface area contributed by atoms with Gasteiger partial charge in [-0.15, -0.1) is 10.2 Å². The summed E-state index contributed by atoms with van der Waals surface area (Å²) >= 11 is 0. The van der Waals surface area contributed by atoms with Gasteiger partial charge in [-0.2, -0.15) is 18.6 Å². The zero-order chi connectivity index (χ0) is 27.6. The van der Waals surface area contributed by atoms with Crippen LogP contribution in [0.25, 0.3) is 21.9 Å². The van der Waals surface area contributed by atoms with E-state index in [-0.39, 0.29) is 16.3 Å². The highest BCUT2D eigenvalue weighted by molar-refractivity contribution is 7.86. The first-order valence-corrected chi connectivity index (χ1v) is 13.1. The standard InChI is InChI=1S/C28H23N7O3S/c29-19-9-14-25(24(30)15-19)34-32-20-10-5-17(6-11-20)18-7-12-21(13-8-18)33-35-26-16-27(39(36,37)38)22-3-1-2-4-23(22)28(26)31/h1-16H,29-31H2,(H,36,37,38). The number of fused-ring (bicyclic) bond motifs is 1. The molecule has 0 aliphatic rings. The van der Waals surface area contributed by atoms with E-state index >= 15 is 0 Å². The molecular weight excluding hydrogens is 514 g/mol. The van der Waals surface area contributed by atoms with E-state index in [1.54, 1.807) is 54.6 Å². The highest BCUT2D eigenvalue weighted by Gasteiger charge is 2.18. The molecular formula is C28H23N7O3S. The van der Waals surface area contributed by atoms with Gasteiger partial charge in [0.05, 0.1) is 22.7 Å². The van der Waals surface area contributed by atoms with Crippen LogP contribution in [-0.4, -0.2) is 13.0 Å². The van der Waals surface area contributed by atoms with Gasteiger partial charge in [0.2, 0.25) is 0 Å². The molecule has 0 heterocycles. The third kappa shape index (κ3) is 5.59. The average molecular weight is 538 g/mol. The maximum absolute atomic E-state index is 11.9. The second kappa shape index (κ2) is 10.3. The van der Waals surface area contributed by atoms with Crippen LogP contribution in [0.1, 0.15) is 0 Å². The minimum Gasteiger partial charge on any atom is -0.399 e. The van der Waals surface area contributed by atoms with Crippen molar-refractivity contribution < 1.29 is 13.0 Å². The molecule has 0 radical (unpaired) electrons. The highest BCUT2D eigenvalue weighted by Crippen LogP contribution is 2.37. The maximum Gasteiger partial charge on any atom is 0.295 e. The monoisotopic (exact) mass is 537 g/mol. The smallest absolute Gasteiger partial charge is 0.295 e. The first-order chi connectivity index (χ1) is 18.7. The predicted octanol–water partition coefficient (Wildman–Crippen LogP) is 7.33. The summed E-state index contributed by atoms with van der Waals surface area (Å²) < 4.78 is 33.5. The van der Waals surface area contributed by atoms with E-state index in [1.807, 2.05) is 36.4 Å². The topological polar surface area (TPSA) is 182 Å². The Bertz CT molecular complexity index is 1850. The Hall–Kier alpha value is -5.13. The summed E-state index contributed by atoms with van der Waals surface area (Å²) in [5, 5.41) is 17.5. The van der Waals surface area contributed by atoms with Gasteiger partial charge < -0.3 is 17.2 Å². The summed E-state index contributed by atoms with van der Waals surface area (Å²) in [6, 6.07) is 27.7. The van der Waals surface area contributed by atoms with Crippen molar-refractivity contribution in [3.63, 3.8) is 0 Å². The van der Waals surface area contributed by atoms with Gasteiger partial charge in [-0.1, -0.05) is 48.5 Å². The fourth-order valence-corrected chi connectivity index (χ4v) is 4.69. The second-order valence-electron chi connectivity index (χ2n) is 8.64. The van der Waals surface area contributed by atoms with Crippen molar-refractivity contribution in [3.8, 4) is 11.1 Å². The molecule has 10 nitrogen and oxygen atoms in total. The van der Waals surface area contributed by atoms with Crippen LogP contribution < -0.4 is 17.2 Å². The molecule has 0 saturated heterocycles. The van der Waals surface area contributed by atoms with Crippen LogP contribution in [0.15, 0.2) is 122 Å². The van der Waals surface area contributed by atoms with E-state index in [9.17, 15) is 13.0 Å². The number of rotatable bonds is 6. The zero-order valence-electron chi connectivity index (χ0n) is 20.4. The summed E-state index contributed by atoms with van der Waals surface area (Å²) in [4.78, 5) is -0.281. The van der Waals surface area contributed by atoms with E-state index in [4.69, 9.17) is 17.2 Å². The molecule has 0 fully saturated rings. The molecule has 5 aromatic carbocycles. The van der Waals surface area contributed by atoms with Gasteiger partial charge in [0.1, 0.15) is 16.3 Å². The van der Waals surface area contributed by atoms with Crippen molar-refractivity contribution in [2.75, 3.05) is 17.2 Å². The number of benzene rings is 5. The van der Waals surface area contributed by atoms with E-state index in [2.05, 4.69) is 20.5 Å². The Balaban J connectivity index is 1.35. The molecule has 0 saturated carbocycles. The van der Waals surface area contributed by atoms with Crippen molar-refractivity contribution in [3.05, 3.63) is 97.1 Å². The summed E-state index contributed by atoms with van der Waals surface area (Å²) in [6.07, 6.45) is 0. The van der Waals surface area contributed by atoms with Crippen LogP contribution in [0, 0.1) is 0 Å². The second-order valence-corrected chi connectivity index (χ2v) is 10.0. The predicted molar refractivity (Wildman–Crippen MR) is 154 cm³/mol. The fourth-order valence-electron chi connectivity index (χ4n) is 3.98. The van der Waals surface area contributed by atoms with Crippen molar-refractivity contribution in [1.29, 1.82) is 0 Å². The summed E-state index contributed by atoms with van der Waals surface area (Å²) in [5.74, 6) is 0. The van der Waals surface area contributed by atoms with Crippen molar-refractivity contribution in [1.82, 2.24) is 0 Å². The molecule has 7 N–H and O–H groups in total. The zero-order valence-corrected chi connectivity index (χ0v) is 21.2. The minimum absolute atomic E-state index is 0.135. The average Bonchev–Trinajstić information content (AvgIpc) is 2.92. The van der Waals surface area contributed by atoms with Gasteiger partial charge in [-0.25, -0.2) is 0 Å². The van der Waals surface area contributed by atoms with Gasteiger partial charge in [0.15, 0.2) is 0 Å². The molecule has 0 amide bonds. The number of hydrogen-bond donors (Lipinski definition) is 4. The number of azo groups is 2. The first kappa shape index (κ1) is 25.5. The Kier molecular flexibility index (Phi) is 6.75. The van der Waals surface area contributed by atoms with Crippen LogP contribution in [0.2, 0.25) is 0 Å². The van der Waals surface area contributed by atoms with Crippen LogP contribution in [0.4, 0.5) is 39.8 Å². The molecule has 5 aromatic rings. The summed E-state index contributed by atoms with van der Waals surface area (Å²) in [5.41, 5.74) is 22.9. The van der Waals surface area contributed by atoms with Crippen molar-refractivity contribution >= 4 is 60.7 Å². The Morgan fingerprint density at radius 1 is 0.590 bits per heavy atom. The minimum atomic E-state index is -4.49. The van der Waals surface area contributed by atoms with Gasteiger partial charge in [-0.3, -0.25) is 4.55 Å². The lowest BCUT2D eigenvalue weighted by Crippen LogP contribution is -2.01. The molecule has 0 unspecified atom stereocenters. The van der Waals surface area contributed by atoms with E-state index < -0.39 is 10.1 Å². The molecule has 0 aromatic heterocycles. The van der Waals surface area contributed by atoms with E-state index in [0.29, 0.717) is 39.2 Å². The van der Waals surface area contributed by atoms with Crippen LogP contribution in [0.3, 0.4) is 0 Å². The number of anilines is 3. The number of hydrogen-bond acceptors (Lipinski definition) is 9. The fraction of sp³-hybridized carbons (Fsp3) is 0. The quantitative estimate of drug-likeness (QED) is 0.0998. The number of nitrogens with two attached hydrogens (primary N) is 3. The van der Waals surface area contributed by atoms with Gasteiger partial charge >= 0.3 is 0 Å². The first-order valence-electron chi connectivity index (χ1n) is 11.7. The third-order valence-electron chi connectivity index (χ3n) is 5.97. The largest absolute Gasteiger partial charge is 0.399 e. The lowest BCUT2D eigenvalue weighted by molar-refractivity contribution is 0.484. The number of nitrogens with zero attached hydrogens (tertiary/aromatic N) is 4. The molecule has 0 aliphatic heterocycles. The van der Waals surface area contributed by atoms with Gasteiger partial charge in [0, 0.05) is 16.5 Å². The molecule has 5 rings (SSSR count). The molecule has 0 aliphatic carbocycles. The Labute approximate surface area is 224 Å². The van der Waals surface area contributed by atoms with E-state index in [1.165, 1.54) is 6.07 Å². The molecule has 0 atom stereocenters. The van der Waals surface area contributed by atoms with Crippen molar-refractivity contribution in [2.45, 2.75) is 4.90 Å². The molecule has 39 heavy (non-hydrogen) atoms. The summed E-state index contributed by atoms with van der Waals surface area (Å²) in [7, 11) is -4.49. The lowest BCUT2D eigenvalue weighted by atomic mass is 10.1. The molecule has 0 bridgehead atoms. The SMILES string of the molecule is Nc1ccc(N=Nc2ccc(-c3ccc(N=Nc4cc(S(=O)(=O)O)c5ccccc5c4N)cc3)cc2)c(N)c1. The third-order valence-corrected chi connectivity index (χ3v) is 6.86. The normalized spacial score (nSPS) is 12.0. The maximum atomic E-state index is 11.9. The van der Waals surface area contributed by atoms with Crippen LogP contribution in [0.5, 0.6) is 0 Å². The van der Waals surface area contributed by atoms with Gasteiger partial charge in [-0.05, 0) is 59.7 Å². The van der Waals surface area contributed by atoms with Gasteiger partial charge in [0.25, 0.3) is 10.1 Å². The Morgan fingerprint density at radius 2 is 1.13 bits per heavy atom. The number of nitrogen functional groups attached to an aromatic ring is 3. The molecule has 0 spiro atoms. The molecule has 11 heteroatoms. The Morgan fingerprint density at radius 3 is 1.67 bits per heavy atom. The molecule has 194 valence electrons. The van der Waals surface area contributed by atoms with Crippen molar-refractivity contribution in [2.24, 2.45) is 20.5 Å². The van der Waals surface area contributed by atoms with Crippen LogP contribution >= 0.6 is 0 Å². The highest BCUT2D eigenvalue weighted by atomic mass is 32.2.